The lowest BCUT2D eigenvalue weighted by atomic mass is 9.96. The summed E-state index contributed by atoms with van der Waals surface area (Å²) in [5, 5.41) is 4.42. The molecule has 1 aromatic heterocycles. The second kappa shape index (κ2) is 9.29. The molecule has 1 saturated carbocycles. The smallest absolute Gasteiger partial charge is 0.123 e. The fourth-order valence-electron chi connectivity index (χ4n) is 4.92. The Kier molecular flexibility index (Phi) is 5.70. The average Bonchev–Trinajstić information content (AvgIpc) is 2.90. The maximum Gasteiger partial charge on any atom is 0.123 e. The van der Waals surface area contributed by atoms with Gasteiger partial charge in [0.2, 0.25) is 0 Å². The fraction of sp³-hybridized carbons (Fsp3) is 0.207. The number of nitrogens with one attached hydrogen (secondary N) is 1. The Morgan fingerprint density at radius 2 is 1.74 bits per heavy atom. The van der Waals surface area contributed by atoms with Crippen molar-refractivity contribution in [2.75, 3.05) is 5.32 Å². The van der Waals surface area contributed by atoms with Crippen LogP contribution >= 0.6 is 0 Å². The predicted octanol–water partition coefficient (Wildman–Crippen LogP) is 6.64. The number of hydrogen-bond acceptors (Lipinski definition) is 4. The molecule has 35 heavy (non-hydrogen) atoms. The first-order chi connectivity index (χ1) is 17.2. The summed E-state index contributed by atoms with van der Waals surface area (Å²) >= 11 is 0. The molecule has 0 spiro atoms. The number of rotatable bonds is 4. The number of fused-ring (bicyclic) bond motifs is 2. The maximum absolute atomic E-state index is 13.8. The van der Waals surface area contributed by atoms with Gasteiger partial charge in [0.1, 0.15) is 5.82 Å². The van der Waals surface area contributed by atoms with Crippen LogP contribution in [0.15, 0.2) is 90.2 Å². The van der Waals surface area contributed by atoms with Gasteiger partial charge in [0.15, 0.2) is 0 Å². The molecule has 0 amide bonds. The third-order valence-corrected chi connectivity index (χ3v) is 6.62. The number of pyridine rings is 1. The number of hydrogen-bond donors (Lipinski definition) is 1. The molecule has 0 atom stereocenters. The van der Waals surface area contributed by atoms with Crippen molar-refractivity contribution in [3.05, 3.63) is 96.4 Å². The van der Waals surface area contributed by atoms with E-state index < -0.39 is 0 Å². The summed E-state index contributed by atoms with van der Waals surface area (Å²) in [6.07, 6.45) is 9.50. The van der Waals surface area contributed by atoms with Crippen molar-refractivity contribution in [1.29, 1.82) is 0 Å². The third kappa shape index (κ3) is 4.39. The maximum atomic E-state index is 13.8. The number of benzene rings is 3. The predicted molar refractivity (Wildman–Crippen MR) is 138 cm³/mol. The highest BCUT2D eigenvalue weighted by atomic mass is 19.1. The van der Waals surface area contributed by atoms with E-state index >= 15 is 0 Å². The summed E-state index contributed by atoms with van der Waals surface area (Å²) in [4.78, 5) is 14.4. The van der Waals surface area contributed by atoms with Crippen LogP contribution in [-0.2, 0) is 0 Å². The molecule has 1 N–H and O–H groups in total. The van der Waals surface area contributed by atoms with Crippen LogP contribution in [-0.4, -0.2) is 20.6 Å². The number of nitrogens with zero attached hydrogens (tertiary/aromatic N) is 4. The molecule has 0 radical (unpaired) electrons. The van der Waals surface area contributed by atoms with E-state index in [1.54, 1.807) is 24.5 Å². The van der Waals surface area contributed by atoms with Gasteiger partial charge in [-0.05, 0) is 73.5 Å². The van der Waals surface area contributed by atoms with E-state index in [1.807, 2.05) is 36.4 Å². The second-order valence-electron chi connectivity index (χ2n) is 9.06. The molecule has 0 unspecified atom stereocenters. The van der Waals surface area contributed by atoms with Crippen molar-refractivity contribution in [3.63, 3.8) is 0 Å². The zero-order chi connectivity index (χ0) is 23.6. The van der Waals surface area contributed by atoms with Crippen LogP contribution in [0.3, 0.4) is 0 Å². The highest BCUT2D eigenvalue weighted by Gasteiger charge is 2.18. The first-order valence-corrected chi connectivity index (χ1v) is 12.2. The molecule has 1 aliphatic heterocycles. The third-order valence-electron chi connectivity index (χ3n) is 6.62. The van der Waals surface area contributed by atoms with Crippen molar-refractivity contribution in [3.8, 4) is 17.1 Å². The van der Waals surface area contributed by atoms with Gasteiger partial charge in [0, 0.05) is 11.9 Å². The zero-order valence-corrected chi connectivity index (χ0v) is 19.4. The quantitative estimate of drug-likeness (QED) is 0.304. The molecule has 0 bridgehead atoms. The van der Waals surface area contributed by atoms with Gasteiger partial charge in [-0.25, -0.2) is 9.37 Å². The van der Waals surface area contributed by atoms with Crippen LogP contribution in [0.4, 0.5) is 15.8 Å². The molecule has 2 aliphatic carbocycles. The van der Waals surface area contributed by atoms with E-state index in [0.717, 1.165) is 57.7 Å². The van der Waals surface area contributed by atoms with Gasteiger partial charge in [-0.2, -0.15) is 0 Å². The molecular formula is C29H26FN5. The lowest BCUT2D eigenvalue weighted by Gasteiger charge is -2.21. The summed E-state index contributed by atoms with van der Waals surface area (Å²) in [6, 6.07) is 23.0. The molecule has 1 fully saturated rings. The second-order valence-corrected chi connectivity index (χ2v) is 9.06. The summed E-state index contributed by atoms with van der Waals surface area (Å²) < 4.78 is 15.9. The van der Waals surface area contributed by atoms with Crippen molar-refractivity contribution in [1.82, 2.24) is 14.5 Å². The van der Waals surface area contributed by atoms with Crippen LogP contribution in [0.1, 0.15) is 32.1 Å². The lowest BCUT2D eigenvalue weighted by molar-refractivity contribution is 0.437. The minimum Gasteiger partial charge on any atom is -0.352 e. The summed E-state index contributed by atoms with van der Waals surface area (Å²) in [7, 11) is 0. The normalized spacial score (nSPS) is 15.1. The number of para-hydroxylation sites is 2. The highest BCUT2D eigenvalue weighted by Crippen LogP contribution is 2.31. The average molecular weight is 464 g/mol. The van der Waals surface area contributed by atoms with E-state index in [9.17, 15) is 4.39 Å². The van der Waals surface area contributed by atoms with E-state index in [-0.39, 0.29) is 5.82 Å². The van der Waals surface area contributed by atoms with E-state index in [4.69, 9.17) is 9.98 Å². The molecule has 2 aromatic carbocycles. The standard InChI is InChI=1S/C29H26FN5/c30-20-12-14-23(15-13-20)35-28-11-5-4-10-24(28)34-27-17-25(33-22-9-6-16-31-19-22)26(18-29(27)35)32-21-7-2-1-3-8-21/h4-6,9-19,21,33H,1-3,7-8H2. The van der Waals surface area contributed by atoms with E-state index in [1.165, 1.54) is 31.4 Å². The first kappa shape index (κ1) is 21.5. The van der Waals surface area contributed by atoms with Crippen molar-refractivity contribution < 1.29 is 4.39 Å². The molecule has 3 aliphatic rings. The Morgan fingerprint density at radius 1 is 0.914 bits per heavy atom. The van der Waals surface area contributed by atoms with Gasteiger partial charge in [-0.15, -0.1) is 0 Å². The lowest BCUT2D eigenvalue weighted by Crippen LogP contribution is -2.19. The molecule has 174 valence electrons. The van der Waals surface area contributed by atoms with E-state index in [0.29, 0.717) is 6.04 Å². The number of anilines is 2. The number of halogens is 1. The molecule has 0 saturated heterocycles. The van der Waals surface area contributed by atoms with Gasteiger partial charge in [0.25, 0.3) is 0 Å². The molecular weight excluding hydrogens is 437 g/mol. The number of aromatic nitrogens is 3. The van der Waals surface area contributed by atoms with Crippen LogP contribution in [0, 0.1) is 5.82 Å². The fourth-order valence-corrected chi connectivity index (χ4v) is 4.92. The van der Waals surface area contributed by atoms with Crippen LogP contribution in [0.5, 0.6) is 0 Å². The SMILES string of the molecule is Fc1ccc(-n2c3cc(=NC4CCCCC4)c(Nc4cccnc4)cc-3nc3ccccc32)cc1. The Balaban J connectivity index is 1.62. The molecule has 6 heteroatoms. The first-order valence-electron chi connectivity index (χ1n) is 12.2. The van der Waals surface area contributed by atoms with Crippen molar-refractivity contribution in [2.24, 2.45) is 4.99 Å². The minimum atomic E-state index is -0.257. The Bertz CT molecular complexity index is 1500. The largest absolute Gasteiger partial charge is 0.352 e. The Labute approximate surface area is 203 Å². The van der Waals surface area contributed by atoms with Gasteiger partial charge in [-0.3, -0.25) is 9.98 Å². The molecule has 5 nitrogen and oxygen atoms in total. The van der Waals surface area contributed by atoms with Gasteiger partial charge >= 0.3 is 0 Å². The summed E-state index contributed by atoms with van der Waals surface area (Å²) in [5.74, 6) is -0.257. The zero-order valence-electron chi connectivity index (χ0n) is 19.4. The monoisotopic (exact) mass is 463 g/mol. The Morgan fingerprint density at radius 3 is 2.54 bits per heavy atom. The Hall–Kier alpha value is -4.06. The molecule has 2 heterocycles. The van der Waals surface area contributed by atoms with Gasteiger partial charge in [-0.1, -0.05) is 31.4 Å². The van der Waals surface area contributed by atoms with Gasteiger partial charge in [0.05, 0.1) is 51.4 Å². The van der Waals surface area contributed by atoms with Crippen molar-refractivity contribution >= 4 is 22.4 Å². The van der Waals surface area contributed by atoms with Crippen LogP contribution < -0.4 is 10.7 Å². The van der Waals surface area contributed by atoms with E-state index in [2.05, 4.69) is 27.0 Å². The topological polar surface area (TPSA) is 55.1 Å². The highest BCUT2D eigenvalue weighted by molar-refractivity contribution is 5.84. The van der Waals surface area contributed by atoms with Crippen LogP contribution in [0.25, 0.3) is 28.1 Å². The minimum absolute atomic E-state index is 0.257. The molecule has 3 aromatic rings. The summed E-state index contributed by atoms with van der Waals surface area (Å²) in [6.45, 7) is 0. The van der Waals surface area contributed by atoms with Gasteiger partial charge < -0.3 is 9.88 Å². The summed E-state index contributed by atoms with van der Waals surface area (Å²) in [5.41, 5.74) is 6.29. The molecule has 6 rings (SSSR count). The van der Waals surface area contributed by atoms with Crippen LogP contribution in [0.2, 0.25) is 0 Å². The van der Waals surface area contributed by atoms with Crippen molar-refractivity contribution in [2.45, 2.75) is 38.1 Å².